The van der Waals surface area contributed by atoms with Gasteiger partial charge in [0.2, 0.25) is 10.0 Å². The molecule has 0 aliphatic carbocycles. The van der Waals surface area contributed by atoms with Crippen molar-refractivity contribution in [2.24, 2.45) is 0 Å². The number of nitrogens with one attached hydrogen (secondary N) is 1. The van der Waals surface area contributed by atoms with E-state index in [4.69, 9.17) is 5.11 Å². The fourth-order valence-corrected chi connectivity index (χ4v) is 3.06. The standard InChI is InChI=1S/C13H21NO3S/c1-3-4-5-12-10-11(2)6-7-13(12)18(16,17)14-8-9-15/h6-7,10,14-15H,3-5,8-9H2,1-2H3. The van der Waals surface area contributed by atoms with Crippen LogP contribution >= 0.6 is 0 Å². The number of sulfonamides is 1. The molecule has 18 heavy (non-hydrogen) atoms. The third kappa shape index (κ3) is 4.08. The number of benzene rings is 1. The van der Waals surface area contributed by atoms with Crippen molar-refractivity contribution in [2.75, 3.05) is 13.2 Å². The first kappa shape index (κ1) is 15.1. The third-order valence-electron chi connectivity index (χ3n) is 2.71. The number of hydrogen-bond donors (Lipinski definition) is 2. The highest BCUT2D eigenvalue weighted by molar-refractivity contribution is 7.89. The van der Waals surface area contributed by atoms with Crippen LogP contribution in [0.2, 0.25) is 0 Å². The predicted molar refractivity (Wildman–Crippen MR) is 72.1 cm³/mol. The molecule has 0 atom stereocenters. The van der Waals surface area contributed by atoms with Crippen molar-refractivity contribution >= 4 is 10.0 Å². The van der Waals surface area contributed by atoms with Gasteiger partial charge in [0.25, 0.3) is 0 Å². The minimum Gasteiger partial charge on any atom is -0.395 e. The van der Waals surface area contributed by atoms with Crippen LogP contribution in [0.1, 0.15) is 30.9 Å². The number of hydrogen-bond acceptors (Lipinski definition) is 3. The largest absolute Gasteiger partial charge is 0.395 e. The first-order valence-corrected chi connectivity index (χ1v) is 7.69. The average Bonchev–Trinajstić information content (AvgIpc) is 2.33. The van der Waals surface area contributed by atoms with E-state index >= 15 is 0 Å². The summed E-state index contributed by atoms with van der Waals surface area (Å²) in [6, 6.07) is 5.35. The van der Waals surface area contributed by atoms with Gasteiger partial charge in [-0.15, -0.1) is 0 Å². The average molecular weight is 271 g/mol. The summed E-state index contributed by atoms with van der Waals surface area (Å²) in [6.45, 7) is 3.87. The lowest BCUT2D eigenvalue weighted by molar-refractivity contribution is 0.301. The number of rotatable bonds is 7. The van der Waals surface area contributed by atoms with E-state index in [1.165, 1.54) is 0 Å². The molecule has 4 nitrogen and oxygen atoms in total. The molecule has 0 spiro atoms. The Hall–Kier alpha value is -0.910. The highest BCUT2D eigenvalue weighted by atomic mass is 32.2. The van der Waals surface area contributed by atoms with Gasteiger partial charge >= 0.3 is 0 Å². The van der Waals surface area contributed by atoms with Crippen molar-refractivity contribution in [2.45, 2.75) is 38.0 Å². The molecule has 5 heteroatoms. The predicted octanol–water partition coefficient (Wildman–Crippen LogP) is 1.61. The molecule has 2 N–H and O–H groups in total. The van der Waals surface area contributed by atoms with Gasteiger partial charge in [-0.3, -0.25) is 0 Å². The minimum atomic E-state index is -3.51. The highest BCUT2D eigenvalue weighted by Crippen LogP contribution is 2.19. The summed E-state index contributed by atoms with van der Waals surface area (Å²) in [6.07, 6.45) is 2.75. The fraction of sp³-hybridized carbons (Fsp3) is 0.538. The lowest BCUT2D eigenvalue weighted by atomic mass is 10.1. The summed E-state index contributed by atoms with van der Waals surface area (Å²) >= 11 is 0. The summed E-state index contributed by atoms with van der Waals surface area (Å²) < 4.78 is 26.5. The van der Waals surface area contributed by atoms with Gasteiger partial charge in [0.05, 0.1) is 11.5 Å². The van der Waals surface area contributed by atoms with E-state index in [1.807, 2.05) is 13.0 Å². The van der Waals surface area contributed by atoms with E-state index in [9.17, 15) is 8.42 Å². The summed E-state index contributed by atoms with van der Waals surface area (Å²) in [5.74, 6) is 0. The van der Waals surface area contributed by atoms with Gasteiger partial charge in [0.15, 0.2) is 0 Å². The molecule has 0 aromatic heterocycles. The van der Waals surface area contributed by atoms with Gasteiger partial charge in [-0.05, 0) is 31.4 Å². The van der Waals surface area contributed by atoms with Crippen molar-refractivity contribution < 1.29 is 13.5 Å². The zero-order valence-electron chi connectivity index (χ0n) is 10.9. The van der Waals surface area contributed by atoms with Crippen LogP contribution in [-0.4, -0.2) is 26.7 Å². The van der Waals surface area contributed by atoms with Crippen LogP contribution in [0.3, 0.4) is 0 Å². The smallest absolute Gasteiger partial charge is 0.240 e. The summed E-state index contributed by atoms with van der Waals surface area (Å²) in [5.41, 5.74) is 1.91. The second-order valence-electron chi connectivity index (χ2n) is 4.34. The molecule has 0 radical (unpaired) electrons. The van der Waals surface area contributed by atoms with E-state index < -0.39 is 10.0 Å². The van der Waals surface area contributed by atoms with Crippen molar-refractivity contribution in [1.29, 1.82) is 0 Å². The van der Waals surface area contributed by atoms with Gasteiger partial charge < -0.3 is 5.11 Å². The third-order valence-corrected chi connectivity index (χ3v) is 4.27. The molecule has 0 aliphatic rings. The molecular weight excluding hydrogens is 250 g/mol. The summed E-state index contributed by atoms with van der Waals surface area (Å²) in [4.78, 5) is 0.329. The topological polar surface area (TPSA) is 66.4 Å². The number of aliphatic hydroxyl groups is 1. The van der Waals surface area contributed by atoms with Crippen molar-refractivity contribution in [1.82, 2.24) is 4.72 Å². The molecule has 0 bridgehead atoms. The Kier molecular flexibility index (Phi) is 5.78. The molecule has 0 saturated heterocycles. The molecule has 0 heterocycles. The van der Waals surface area contributed by atoms with Crippen LogP contribution < -0.4 is 4.72 Å². The molecule has 0 fully saturated rings. The Morgan fingerprint density at radius 2 is 2.06 bits per heavy atom. The van der Waals surface area contributed by atoms with Gasteiger partial charge in [0.1, 0.15) is 0 Å². The van der Waals surface area contributed by atoms with Gasteiger partial charge in [-0.2, -0.15) is 0 Å². The van der Waals surface area contributed by atoms with Crippen LogP contribution in [0.25, 0.3) is 0 Å². The SMILES string of the molecule is CCCCc1cc(C)ccc1S(=O)(=O)NCCO. The first-order chi connectivity index (χ1) is 8.51. The molecule has 1 aromatic carbocycles. The van der Waals surface area contributed by atoms with Crippen molar-refractivity contribution in [3.8, 4) is 0 Å². The maximum atomic E-state index is 12.1. The van der Waals surface area contributed by atoms with Gasteiger partial charge in [-0.25, -0.2) is 13.1 Å². The fourth-order valence-electron chi connectivity index (χ4n) is 1.79. The zero-order valence-corrected chi connectivity index (χ0v) is 11.8. The van der Waals surface area contributed by atoms with Crippen LogP contribution in [0.4, 0.5) is 0 Å². The number of unbranched alkanes of at least 4 members (excludes halogenated alkanes) is 1. The lowest BCUT2D eigenvalue weighted by Crippen LogP contribution is -2.27. The number of aliphatic hydroxyl groups excluding tert-OH is 1. The Labute approximate surface area is 109 Å². The van der Waals surface area contributed by atoms with Crippen LogP contribution in [0.5, 0.6) is 0 Å². The normalized spacial score (nSPS) is 11.7. The quantitative estimate of drug-likeness (QED) is 0.791. The van der Waals surface area contributed by atoms with Crippen molar-refractivity contribution in [3.05, 3.63) is 29.3 Å². The Morgan fingerprint density at radius 3 is 2.67 bits per heavy atom. The van der Waals surface area contributed by atoms with E-state index in [2.05, 4.69) is 11.6 Å². The first-order valence-electron chi connectivity index (χ1n) is 6.21. The monoisotopic (exact) mass is 271 g/mol. The van der Waals surface area contributed by atoms with Crippen molar-refractivity contribution in [3.63, 3.8) is 0 Å². The maximum absolute atomic E-state index is 12.1. The molecule has 1 aromatic rings. The van der Waals surface area contributed by atoms with Gasteiger partial charge in [-0.1, -0.05) is 31.0 Å². The van der Waals surface area contributed by atoms with Crippen LogP contribution in [0.15, 0.2) is 23.1 Å². The maximum Gasteiger partial charge on any atom is 0.240 e. The zero-order chi connectivity index (χ0) is 13.6. The highest BCUT2D eigenvalue weighted by Gasteiger charge is 2.17. The molecule has 0 aliphatic heterocycles. The van der Waals surface area contributed by atoms with Crippen LogP contribution in [-0.2, 0) is 16.4 Å². The Bertz CT molecular complexity index is 483. The molecule has 0 saturated carbocycles. The van der Waals surface area contributed by atoms with E-state index in [1.54, 1.807) is 12.1 Å². The number of aryl methyl sites for hydroxylation is 2. The second kappa shape index (κ2) is 6.87. The summed E-state index contributed by atoms with van der Waals surface area (Å²) in [7, 11) is -3.51. The molecule has 102 valence electrons. The lowest BCUT2D eigenvalue weighted by Gasteiger charge is -2.11. The molecule has 0 amide bonds. The molecular formula is C13H21NO3S. The van der Waals surface area contributed by atoms with E-state index in [-0.39, 0.29) is 13.2 Å². The Morgan fingerprint density at radius 1 is 1.33 bits per heavy atom. The summed E-state index contributed by atoms with van der Waals surface area (Å²) in [5, 5.41) is 8.70. The minimum absolute atomic E-state index is 0.0451. The van der Waals surface area contributed by atoms with Crippen LogP contribution in [0, 0.1) is 6.92 Å². The van der Waals surface area contributed by atoms with E-state index in [0.717, 1.165) is 30.4 Å². The van der Waals surface area contributed by atoms with E-state index in [0.29, 0.717) is 4.90 Å². The molecule has 1 rings (SSSR count). The molecule has 0 unspecified atom stereocenters. The second-order valence-corrected chi connectivity index (χ2v) is 6.07. The van der Waals surface area contributed by atoms with Gasteiger partial charge in [0, 0.05) is 6.54 Å². The Balaban J connectivity index is 3.06.